The van der Waals surface area contributed by atoms with Crippen molar-refractivity contribution in [3.63, 3.8) is 0 Å². The molecule has 2 aliphatic heterocycles. The van der Waals surface area contributed by atoms with Crippen LogP contribution in [0.2, 0.25) is 0 Å². The molecule has 2 fully saturated rings. The van der Waals surface area contributed by atoms with Crippen LogP contribution < -0.4 is 10.6 Å². The van der Waals surface area contributed by atoms with Crippen LogP contribution in [0.1, 0.15) is 0 Å². The average molecular weight is 360 g/mol. The quantitative estimate of drug-likeness (QED) is 0.673. The second-order valence-electron chi connectivity index (χ2n) is 3.36. The minimum absolute atomic E-state index is 0. The molecule has 2 unspecified atom stereocenters. The predicted octanol–water partition coefficient (Wildman–Crippen LogP) is -0.325. The second-order valence-corrected chi connectivity index (χ2v) is 3.36. The van der Waals surface area contributed by atoms with E-state index in [0.29, 0.717) is 12.1 Å². The van der Waals surface area contributed by atoms with Crippen molar-refractivity contribution in [2.24, 2.45) is 0 Å². The van der Waals surface area contributed by atoms with Crippen LogP contribution in [-0.4, -0.2) is 51.4 Å². The first kappa shape index (κ1) is 11.6. The zero-order valence-electron chi connectivity index (χ0n) is 7.63. The monoisotopic (exact) mass is 361 g/mol. The van der Waals surface area contributed by atoms with E-state index in [4.69, 9.17) is 0 Å². The van der Waals surface area contributed by atoms with Crippen molar-refractivity contribution in [2.75, 3.05) is 39.3 Å². The Morgan fingerprint density at radius 3 is 1.62 bits per heavy atom. The minimum Gasteiger partial charge on any atom is -0.659 e. The van der Waals surface area contributed by atoms with Crippen molar-refractivity contribution in [3.8, 4) is 0 Å². The van der Waals surface area contributed by atoms with E-state index in [1.807, 2.05) is 0 Å². The molecule has 0 aromatic carbocycles. The summed E-state index contributed by atoms with van der Waals surface area (Å²) in [6.45, 7) is 6.01. The van der Waals surface area contributed by atoms with E-state index in [9.17, 15) is 0 Å². The number of hydrogen-bond acceptors (Lipinski definition) is 2. The van der Waals surface area contributed by atoms with E-state index in [1.54, 1.807) is 0 Å². The topological polar surface area (TPSA) is 52.3 Å². The molecule has 2 atom stereocenters. The fraction of sp³-hybridized carbons (Fsp3) is 1.00. The average Bonchev–Trinajstić information content (AvgIpc) is 2.21. The molecule has 5 heteroatoms. The van der Waals surface area contributed by atoms with Crippen molar-refractivity contribution < 1.29 is 20.1 Å². The van der Waals surface area contributed by atoms with Gasteiger partial charge in [-0.2, -0.15) is 0 Å². The summed E-state index contributed by atoms with van der Waals surface area (Å²) in [5.41, 5.74) is 0. The molecule has 2 N–H and O–H groups in total. The third-order valence-corrected chi connectivity index (χ3v) is 2.46. The van der Waals surface area contributed by atoms with Crippen LogP contribution in [0, 0.1) is 0 Å². The standard InChI is InChI=1S/C8H16N4.Ir/c1-3-11-7(5-9-1)8-6-10-2-4-12-8;/h7-10H,1-6H2;/q-2;. The Balaban J connectivity index is 0.000000845. The van der Waals surface area contributed by atoms with Crippen molar-refractivity contribution >= 4 is 0 Å². The van der Waals surface area contributed by atoms with Gasteiger partial charge in [-0.3, -0.25) is 0 Å². The number of hydrogen-bond donors (Lipinski definition) is 2. The van der Waals surface area contributed by atoms with Crippen molar-refractivity contribution in [3.05, 3.63) is 10.6 Å². The molecule has 0 bridgehead atoms. The third kappa shape index (κ3) is 3.27. The molecule has 2 aliphatic rings. The van der Waals surface area contributed by atoms with Crippen LogP contribution in [0.5, 0.6) is 0 Å². The first-order valence-electron chi connectivity index (χ1n) is 4.71. The fourth-order valence-electron chi connectivity index (χ4n) is 1.76. The fourth-order valence-corrected chi connectivity index (χ4v) is 1.76. The molecule has 79 valence electrons. The summed E-state index contributed by atoms with van der Waals surface area (Å²) in [4.78, 5) is 0. The van der Waals surface area contributed by atoms with Gasteiger partial charge in [0.15, 0.2) is 0 Å². The first-order chi connectivity index (χ1) is 5.97. The maximum atomic E-state index is 4.56. The van der Waals surface area contributed by atoms with Gasteiger partial charge in [0, 0.05) is 20.1 Å². The molecule has 0 spiro atoms. The molecular formula is C8H16IrN4-2. The van der Waals surface area contributed by atoms with Gasteiger partial charge in [-0.05, 0) is 26.2 Å². The van der Waals surface area contributed by atoms with Gasteiger partial charge in [0.25, 0.3) is 0 Å². The maximum absolute atomic E-state index is 4.56. The smallest absolute Gasteiger partial charge is 0 e. The summed E-state index contributed by atoms with van der Waals surface area (Å²) in [5, 5.41) is 15.8. The van der Waals surface area contributed by atoms with Gasteiger partial charge in [-0.15, -0.1) is 25.2 Å². The summed E-state index contributed by atoms with van der Waals surface area (Å²) in [7, 11) is 0. The van der Waals surface area contributed by atoms with Crippen molar-refractivity contribution in [2.45, 2.75) is 12.1 Å². The largest absolute Gasteiger partial charge is 0.659 e. The van der Waals surface area contributed by atoms with E-state index in [1.165, 1.54) is 0 Å². The summed E-state index contributed by atoms with van der Waals surface area (Å²) < 4.78 is 0. The van der Waals surface area contributed by atoms with Gasteiger partial charge < -0.3 is 21.3 Å². The van der Waals surface area contributed by atoms with Gasteiger partial charge in [-0.1, -0.05) is 0 Å². The van der Waals surface area contributed by atoms with Crippen LogP contribution >= 0.6 is 0 Å². The van der Waals surface area contributed by atoms with Crippen molar-refractivity contribution in [1.82, 2.24) is 10.6 Å². The second kappa shape index (κ2) is 6.06. The van der Waals surface area contributed by atoms with E-state index in [2.05, 4.69) is 21.3 Å². The Bertz CT molecular complexity index is 116. The molecule has 0 aliphatic carbocycles. The van der Waals surface area contributed by atoms with Gasteiger partial charge in [0.2, 0.25) is 0 Å². The molecule has 0 saturated carbocycles. The zero-order valence-corrected chi connectivity index (χ0v) is 10.0. The molecule has 0 aromatic heterocycles. The number of rotatable bonds is 1. The van der Waals surface area contributed by atoms with E-state index >= 15 is 0 Å². The normalized spacial score (nSPS) is 35.1. The molecule has 2 rings (SSSR count). The molecule has 13 heavy (non-hydrogen) atoms. The van der Waals surface area contributed by atoms with Crippen molar-refractivity contribution in [1.29, 1.82) is 0 Å². The van der Waals surface area contributed by atoms with Gasteiger partial charge in [0.1, 0.15) is 0 Å². The molecule has 0 amide bonds. The predicted molar refractivity (Wildman–Crippen MR) is 49.8 cm³/mol. The van der Waals surface area contributed by atoms with Gasteiger partial charge in [0.05, 0.1) is 0 Å². The Labute approximate surface area is 93.0 Å². The summed E-state index contributed by atoms with van der Waals surface area (Å²) in [6, 6.07) is 0.845. The number of nitrogens with one attached hydrogen (secondary N) is 2. The molecule has 1 radical (unpaired) electrons. The minimum atomic E-state index is 0. The van der Waals surface area contributed by atoms with E-state index in [0.717, 1.165) is 39.3 Å². The van der Waals surface area contributed by atoms with Crippen LogP contribution in [0.3, 0.4) is 0 Å². The first-order valence-corrected chi connectivity index (χ1v) is 4.71. The van der Waals surface area contributed by atoms with Crippen LogP contribution in [0.15, 0.2) is 0 Å². The number of nitrogens with zero attached hydrogens (tertiary/aromatic N) is 2. The molecular weight excluding hydrogens is 344 g/mol. The summed E-state index contributed by atoms with van der Waals surface area (Å²) >= 11 is 0. The third-order valence-electron chi connectivity index (χ3n) is 2.46. The Hall–Kier alpha value is 0.489. The van der Waals surface area contributed by atoms with E-state index < -0.39 is 0 Å². The Morgan fingerprint density at radius 1 is 0.846 bits per heavy atom. The number of piperazine rings is 2. The molecule has 2 heterocycles. The zero-order chi connectivity index (χ0) is 8.23. The van der Waals surface area contributed by atoms with Crippen LogP contribution in [0.4, 0.5) is 0 Å². The molecule has 2 saturated heterocycles. The summed E-state index contributed by atoms with van der Waals surface area (Å²) in [5.74, 6) is 0. The SMILES string of the molecule is C1CNCC(C2CNCC[N-]2)[N-]1.[Ir]. The molecule has 0 aromatic rings. The molecule has 4 nitrogen and oxygen atoms in total. The maximum Gasteiger partial charge on any atom is 0 e. The van der Waals surface area contributed by atoms with Gasteiger partial charge >= 0.3 is 0 Å². The van der Waals surface area contributed by atoms with Crippen LogP contribution in [-0.2, 0) is 20.1 Å². The summed E-state index contributed by atoms with van der Waals surface area (Å²) in [6.07, 6.45) is 0. The van der Waals surface area contributed by atoms with Gasteiger partial charge in [-0.25, -0.2) is 0 Å². The van der Waals surface area contributed by atoms with E-state index in [-0.39, 0.29) is 20.1 Å². The Morgan fingerprint density at radius 2 is 1.31 bits per heavy atom. The Kier molecular flexibility index (Phi) is 5.39. The van der Waals surface area contributed by atoms with Crippen LogP contribution in [0.25, 0.3) is 10.6 Å².